The molecule has 21 heavy (non-hydrogen) atoms. The van der Waals surface area contributed by atoms with E-state index in [1.807, 2.05) is 11.8 Å². The lowest BCUT2D eigenvalue weighted by atomic mass is 10.1. The molecule has 1 aliphatic heterocycles. The number of aryl methyl sites for hydroxylation is 1. The number of anilines is 1. The number of aromatic nitrogens is 1. The summed E-state index contributed by atoms with van der Waals surface area (Å²) in [4.78, 5) is 25.9. The van der Waals surface area contributed by atoms with Gasteiger partial charge in [-0.1, -0.05) is 5.16 Å². The molecule has 1 saturated heterocycles. The van der Waals surface area contributed by atoms with E-state index in [9.17, 15) is 9.59 Å². The van der Waals surface area contributed by atoms with Gasteiger partial charge in [0.05, 0.1) is 12.2 Å². The number of nitrogens with zero attached hydrogens (tertiary/aromatic N) is 2. The molecule has 2 rings (SSSR count). The monoisotopic (exact) mass is 295 g/mol. The Balaban J connectivity index is 1.92. The lowest BCUT2D eigenvalue weighted by Crippen LogP contribution is -2.59. The Morgan fingerprint density at radius 3 is 3.05 bits per heavy atom. The van der Waals surface area contributed by atoms with Gasteiger partial charge in [-0.2, -0.15) is 0 Å². The Morgan fingerprint density at radius 1 is 1.57 bits per heavy atom. The maximum Gasteiger partial charge on any atom is 0.240 e. The van der Waals surface area contributed by atoms with Crippen LogP contribution in [0.1, 0.15) is 12.6 Å². The third kappa shape index (κ3) is 4.27. The van der Waals surface area contributed by atoms with Gasteiger partial charge >= 0.3 is 0 Å². The second-order valence-electron chi connectivity index (χ2n) is 4.97. The highest BCUT2D eigenvalue weighted by Crippen LogP contribution is 2.09. The zero-order chi connectivity index (χ0) is 15.2. The van der Waals surface area contributed by atoms with E-state index in [-0.39, 0.29) is 24.4 Å². The zero-order valence-corrected chi connectivity index (χ0v) is 12.3. The van der Waals surface area contributed by atoms with Crippen molar-refractivity contribution in [2.75, 3.05) is 38.0 Å². The van der Waals surface area contributed by atoms with E-state index in [2.05, 4.69) is 21.1 Å². The summed E-state index contributed by atoms with van der Waals surface area (Å²) in [5.41, 5.74) is 0.702. The summed E-state index contributed by atoms with van der Waals surface area (Å²) in [6.45, 7) is 6.31. The van der Waals surface area contributed by atoms with Gasteiger partial charge < -0.3 is 15.2 Å². The van der Waals surface area contributed by atoms with Crippen LogP contribution in [0.15, 0.2) is 10.6 Å². The molecule has 116 valence electrons. The van der Waals surface area contributed by atoms with Crippen LogP contribution in [0.5, 0.6) is 0 Å². The first-order chi connectivity index (χ1) is 10.1. The van der Waals surface area contributed by atoms with Crippen molar-refractivity contribution < 1.29 is 14.1 Å². The SMILES string of the molecule is CCNC(=O)C1CNCCN1CC(=O)Nc1cc(C)no1. The topological polar surface area (TPSA) is 99.5 Å². The van der Waals surface area contributed by atoms with E-state index in [0.717, 1.165) is 6.54 Å². The smallest absolute Gasteiger partial charge is 0.240 e. The van der Waals surface area contributed by atoms with E-state index in [1.165, 1.54) is 0 Å². The van der Waals surface area contributed by atoms with Crippen LogP contribution in [-0.4, -0.2) is 60.6 Å². The number of nitrogens with one attached hydrogen (secondary N) is 3. The first-order valence-electron chi connectivity index (χ1n) is 7.05. The molecule has 0 aromatic carbocycles. The summed E-state index contributed by atoms with van der Waals surface area (Å²) in [5.74, 6) is 0.0394. The highest BCUT2D eigenvalue weighted by molar-refractivity contribution is 5.91. The predicted octanol–water partition coefficient (Wildman–Crippen LogP) is -0.669. The molecule has 0 spiro atoms. The standard InChI is InChI=1S/C13H21N5O3/c1-3-15-13(20)10-7-14-4-5-18(10)8-11(19)16-12-6-9(2)17-21-12/h6,10,14H,3-5,7-8H2,1-2H3,(H,15,20)(H,16,19). The first-order valence-corrected chi connectivity index (χ1v) is 7.05. The summed E-state index contributed by atoms with van der Waals surface area (Å²) in [6, 6.07) is 1.32. The molecule has 0 bridgehead atoms. The fourth-order valence-electron chi connectivity index (χ4n) is 2.27. The molecule has 1 aromatic heterocycles. The van der Waals surface area contributed by atoms with Crippen molar-refractivity contribution in [2.24, 2.45) is 0 Å². The normalized spacial score (nSPS) is 19.2. The van der Waals surface area contributed by atoms with Crippen LogP contribution in [0.25, 0.3) is 0 Å². The lowest BCUT2D eigenvalue weighted by molar-refractivity contribution is -0.128. The Morgan fingerprint density at radius 2 is 2.38 bits per heavy atom. The summed E-state index contributed by atoms with van der Waals surface area (Å²) in [5, 5.41) is 12.3. The van der Waals surface area contributed by atoms with Crippen LogP contribution in [0.2, 0.25) is 0 Å². The minimum absolute atomic E-state index is 0.0620. The number of piperazine rings is 1. The fraction of sp³-hybridized carbons (Fsp3) is 0.615. The molecule has 0 aliphatic carbocycles. The Hall–Kier alpha value is -1.93. The third-order valence-corrected chi connectivity index (χ3v) is 3.25. The van der Waals surface area contributed by atoms with E-state index in [1.54, 1.807) is 13.0 Å². The predicted molar refractivity (Wildman–Crippen MR) is 76.8 cm³/mol. The number of likely N-dealkylation sites (N-methyl/N-ethyl adjacent to an activating group) is 1. The van der Waals surface area contributed by atoms with E-state index >= 15 is 0 Å². The largest absolute Gasteiger partial charge is 0.355 e. The van der Waals surface area contributed by atoms with Crippen molar-refractivity contribution in [3.63, 3.8) is 0 Å². The van der Waals surface area contributed by atoms with Crippen molar-refractivity contribution in [1.82, 2.24) is 20.7 Å². The highest BCUT2D eigenvalue weighted by atomic mass is 16.5. The van der Waals surface area contributed by atoms with Gasteiger partial charge in [-0.15, -0.1) is 0 Å². The minimum atomic E-state index is -0.332. The van der Waals surface area contributed by atoms with Crippen molar-refractivity contribution in [2.45, 2.75) is 19.9 Å². The summed E-state index contributed by atoms with van der Waals surface area (Å²) in [7, 11) is 0. The van der Waals surface area contributed by atoms with Crippen LogP contribution < -0.4 is 16.0 Å². The van der Waals surface area contributed by atoms with Crippen molar-refractivity contribution >= 4 is 17.7 Å². The van der Waals surface area contributed by atoms with Gasteiger partial charge in [0.25, 0.3) is 0 Å². The third-order valence-electron chi connectivity index (χ3n) is 3.25. The lowest BCUT2D eigenvalue weighted by Gasteiger charge is -2.34. The molecule has 1 atom stereocenters. The van der Waals surface area contributed by atoms with Gasteiger partial charge in [0.15, 0.2) is 0 Å². The van der Waals surface area contributed by atoms with Crippen molar-refractivity contribution in [3.05, 3.63) is 11.8 Å². The molecule has 0 saturated carbocycles. The molecule has 1 unspecified atom stereocenters. The molecular formula is C13H21N5O3. The number of carbonyl (C=O) groups is 2. The van der Waals surface area contributed by atoms with E-state index in [4.69, 9.17) is 4.52 Å². The maximum absolute atomic E-state index is 12.0. The van der Waals surface area contributed by atoms with Crippen LogP contribution in [-0.2, 0) is 9.59 Å². The number of rotatable bonds is 5. The number of amides is 2. The van der Waals surface area contributed by atoms with Gasteiger partial charge in [0.2, 0.25) is 17.7 Å². The summed E-state index contributed by atoms with van der Waals surface area (Å²) >= 11 is 0. The molecule has 2 amide bonds. The van der Waals surface area contributed by atoms with Crippen LogP contribution in [0.4, 0.5) is 5.88 Å². The number of carbonyl (C=O) groups excluding carboxylic acids is 2. The molecular weight excluding hydrogens is 274 g/mol. The summed E-state index contributed by atoms with van der Waals surface area (Å²) in [6.07, 6.45) is 0. The molecule has 8 nitrogen and oxygen atoms in total. The molecule has 2 heterocycles. The van der Waals surface area contributed by atoms with Crippen LogP contribution >= 0.6 is 0 Å². The fourth-order valence-corrected chi connectivity index (χ4v) is 2.27. The molecule has 8 heteroatoms. The number of hydrogen-bond donors (Lipinski definition) is 3. The molecule has 1 aromatic rings. The van der Waals surface area contributed by atoms with Crippen LogP contribution in [0, 0.1) is 6.92 Å². The minimum Gasteiger partial charge on any atom is -0.355 e. The van der Waals surface area contributed by atoms with Gasteiger partial charge in [0, 0.05) is 32.2 Å². The van der Waals surface area contributed by atoms with Crippen LogP contribution in [0.3, 0.4) is 0 Å². The second-order valence-corrected chi connectivity index (χ2v) is 4.97. The Labute approximate surface area is 123 Å². The maximum atomic E-state index is 12.0. The average molecular weight is 295 g/mol. The molecule has 1 fully saturated rings. The van der Waals surface area contributed by atoms with E-state index in [0.29, 0.717) is 31.2 Å². The van der Waals surface area contributed by atoms with Gasteiger partial charge in [0.1, 0.15) is 6.04 Å². The Bertz CT molecular complexity index is 502. The van der Waals surface area contributed by atoms with Gasteiger partial charge in [-0.3, -0.25) is 19.8 Å². The molecule has 3 N–H and O–H groups in total. The quantitative estimate of drug-likeness (QED) is 0.666. The second kappa shape index (κ2) is 7.19. The van der Waals surface area contributed by atoms with E-state index < -0.39 is 0 Å². The molecule has 1 aliphatic rings. The highest BCUT2D eigenvalue weighted by Gasteiger charge is 2.29. The molecule has 0 radical (unpaired) electrons. The first kappa shape index (κ1) is 15.5. The summed E-state index contributed by atoms with van der Waals surface area (Å²) < 4.78 is 4.94. The number of hydrogen-bond acceptors (Lipinski definition) is 6. The van der Waals surface area contributed by atoms with Gasteiger partial charge in [-0.05, 0) is 13.8 Å². The van der Waals surface area contributed by atoms with Crippen molar-refractivity contribution in [3.8, 4) is 0 Å². The zero-order valence-electron chi connectivity index (χ0n) is 12.3. The van der Waals surface area contributed by atoms with Crippen molar-refractivity contribution in [1.29, 1.82) is 0 Å². The van der Waals surface area contributed by atoms with Gasteiger partial charge in [-0.25, -0.2) is 0 Å². The average Bonchev–Trinajstić information content (AvgIpc) is 2.84. The Kier molecular flexibility index (Phi) is 5.29.